The molecule has 2 aromatic carbocycles. The van der Waals surface area contributed by atoms with Gasteiger partial charge in [-0.05, 0) is 18.2 Å². The molecule has 0 amide bonds. The Morgan fingerprint density at radius 2 is 1.38 bits per heavy atom. The van der Waals surface area contributed by atoms with E-state index in [1.54, 1.807) is 0 Å². The van der Waals surface area contributed by atoms with Crippen molar-refractivity contribution in [1.29, 1.82) is 0 Å². The summed E-state index contributed by atoms with van der Waals surface area (Å²) in [6.07, 6.45) is 0. The molecular weight excluding hydrogens is 268 g/mol. The zero-order valence-electron chi connectivity index (χ0n) is 11.9. The van der Waals surface area contributed by atoms with Crippen LogP contribution in [-0.4, -0.2) is 31.5 Å². The lowest BCUT2D eigenvalue weighted by atomic mass is 10.2. The summed E-state index contributed by atoms with van der Waals surface area (Å²) >= 11 is 0. The zero-order valence-corrected chi connectivity index (χ0v) is 11.9. The molecule has 4 nitrogen and oxygen atoms in total. The maximum atomic E-state index is 9.17. The second-order valence-corrected chi connectivity index (χ2v) is 4.39. The quantitative estimate of drug-likeness (QED) is 0.721. The van der Waals surface area contributed by atoms with Crippen molar-refractivity contribution < 1.29 is 19.3 Å². The van der Waals surface area contributed by atoms with Crippen molar-refractivity contribution in [3.8, 4) is 11.5 Å². The van der Waals surface area contributed by atoms with Gasteiger partial charge in [-0.25, -0.2) is 0 Å². The molecule has 0 radical (unpaired) electrons. The molecule has 21 heavy (non-hydrogen) atoms. The van der Waals surface area contributed by atoms with Crippen LogP contribution in [0.25, 0.3) is 0 Å². The lowest BCUT2D eigenvalue weighted by Gasteiger charge is -2.10. The maximum Gasteiger partial charge on any atom is 0.124 e. The minimum atomic E-state index is -0.0258. The number of ether oxygens (including phenoxy) is 3. The predicted octanol–water partition coefficient (Wildman–Crippen LogP) is 2.65. The number of benzene rings is 2. The summed E-state index contributed by atoms with van der Waals surface area (Å²) in [6, 6.07) is 17.1. The second kappa shape index (κ2) is 9.00. The van der Waals surface area contributed by atoms with E-state index in [9.17, 15) is 5.11 Å². The van der Waals surface area contributed by atoms with Crippen molar-refractivity contribution in [1.82, 2.24) is 0 Å². The largest absolute Gasteiger partial charge is 0.491 e. The van der Waals surface area contributed by atoms with Gasteiger partial charge in [-0.1, -0.05) is 36.4 Å². The van der Waals surface area contributed by atoms with Gasteiger partial charge in [0.15, 0.2) is 0 Å². The predicted molar refractivity (Wildman–Crippen MR) is 80.6 cm³/mol. The highest BCUT2D eigenvalue weighted by atomic mass is 16.5. The van der Waals surface area contributed by atoms with E-state index in [1.165, 1.54) is 0 Å². The van der Waals surface area contributed by atoms with Gasteiger partial charge in [-0.15, -0.1) is 0 Å². The normalized spacial score (nSPS) is 10.3. The highest BCUT2D eigenvalue weighted by molar-refractivity contribution is 5.32. The highest BCUT2D eigenvalue weighted by Gasteiger charge is 2.00. The van der Waals surface area contributed by atoms with E-state index in [-0.39, 0.29) is 6.61 Å². The molecule has 0 aliphatic rings. The molecule has 4 heteroatoms. The summed E-state index contributed by atoms with van der Waals surface area (Å²) in [5, 5.41) is 9.17. The van der Waals surface area contributed by atoms with Crippen molar-refractivity contribution in [2.45, 2.75) is 6.61 Å². The van der Waals surface area contributed by atoms with Crippen LogP contribution in [0, 0.1) is 0 Å². The van der Waals surface area contributed by atoms with Crippen molar-refractivity contribution in [2.24, 2.45) is 0 Å². The van der Waals surface area contributed by atoms with Crippen molar-refractivity contribution in [2.75, 3.05) is 26.4 Å². The molecule has 2 aromatic rings. The molecule has 0 aromatic heterocycles. The van der Waals surface area contributed by atoms with Gasteiger partial charge in [-0.3, -0.25) is 0 Å². The molecule has 0 bridgehead atoms. The third-order valence-electron chi connectivity index (χ3n) is 2.87. The Labute approximate surface area is 124 Å². The van der Waals surface area contributed by atoms with Crippen LogP contribution in [0.5, 0.6) is 11.5 Å². The number of hydrogen-bond acceptors (Lipinski definition) is 4. The van der Waals surface area contributed by atoms with E-state index < -0.39 is 0 Å². The highest BCUT2D eigenvalue weighted by Crippen LogP contribution is 2.17. The van der Waals surface area contributed by atoms with Crippen LogP contribution in [0.2, 0.25) is 0 Å². The van der Waals surface area contributed by atoms with E-state index in [1.807, 2.05) is 54.6 Å². The van der Waals surface area contributed by atoms with Crippen molar-refractivity contribution >= 4 is 0 Å². The van der Waals surface area contributed by atoms with Crippen LogP contribution < -0.4 is 9.47 Å². The molecule has 0 heterocycles. The first-order valence-corrected chi connectivity index (χ1v) is 6.97. The molecule has 0 saturated carbocycles. The minimum absolute atomic E-state index is 0.0258. The van der Waals surface area contributed by atoms with Gasteiger partial charge in [0, 0.05) is 5.56 Å². The van der Waals surface area contributed by atoms with Crippen molar-refractivity contribution in [3.63, 3.8) is 0 Å². The van der Waals surface area contributed by atoms with Crippen LogP contribution in [0.15, 0.2) is 54.6 Å². The molecule has 0 spiro atoms. The average Bonchev–Trinajstić information content (AvgIpc) is 2.55. The van der Waals surface area contributed by atoms with Crippen LogP contribution in [0.4, 0.5) is 0 Å². The Bertz CT molecular complexity index is 513. The molecule has 1 N–H and O–H groups in total. The summed E-state index contributed by atoms with van der Waals surface area (Å²) in [5.74, 6) is 1.54. The van der Waals surface area contributed by atoms with E-state index >= 15 is 0 Å². The molecule has 112 valence electrons. The maximum absolute atomic E-state index is 9.17. The first-order valence-electron chi connectivity index (χ1n) is 6.97. The third kappa shape index (κ3) is 5.45. The monoisotopic (exact) mass is 288 g/mol. The van der Waals surface area contributed by atoms with Gasteiger partial charge in [0.1, 0.15) is 24.7 Å². The van der Waals surface area contributed by atoms with Gasteiger partial charge >= 0.3 is 0 Å². The lowest BCUT2D eigenvalue weighted by molar-refractivity contribution is 0.0758. The number of hydrogen-bond donors (Lipinski definition) is 1. The zero-order chi connectivity index (χ0) is 14.8. The molecule has 0 fully saturated rings. The van der Waals surface area contributed by atoms with Gasteiger partial charge in [0.2, 0.25) is 0 Å². The Balaban J connectivity index is 1.56. The fourth-order valence-corrected chi connectivity index (χ4v) is 1.82. The topological polar surface area (TPSA) is 47.9 Å². The first-order chi connectivity index (χ1) is 10.4. The van der Waals surface area contributed by atoms with E-state index in [4.69, 9.17) is 14.2 Å². The van der Waals surface area contributed by atoms with E-state index in [2.05, 4.69) is 0 Å². The fourth-order valence-electron chi connectivity index (χ4n) is 1.82. The summed E-state index contributed by atoms with van der Waals surface area (Å²) in [4.78, 5) is 0. The third-order valence-corrected chi connectivity index (χ3v) is 2.87. The van der Waals surface area contributed by atoms with Gasteiger partial charge in [0.05, 0.1) is 19.8 Å². The smallest absolute Gasteiger partial charge is 0.124 e. The van der Waals surface area contributed by atoms with Crippen LogP contribution >= 0.6 is 0 Å². The average molecular weight is 288 g/mol. The second-order valence-electron chi connectivity index (χ2n) is 4.39. The van der Waals surface area contributed by atoms with Gasteiger partial charge in [-0.2, -0.15) is 0 Å². The van der Waals surface area contributed by atoms with Crippen LogP contribution in [-0.2, 0) is 11.3 Å². The molecular formula is C17H20O4. The van der Waals surface area contributed by atoms with Crippen molar-refractivity contribution in [3.05, 3.63) is 60.2 Å². The number of para-hydroxylation sites is 2. The summed E-state index contributed by atoms with van der Waals surface area (Å²) in [7, 11) is 0. The Kier molecular flexibility index (Phi) is 6.58. The fraction of sp³-hybridized carbons (Fsp3) is 0.294. The van der Waals surface area contributed by atoms with Crippen LogP contribution in [0.1, 0.15) is 5.56 Å². The van der Waals surface area contributed by atoms with Crippen LogP contribution in [0.3, 0.4) is 0 Å². The lowest BCUT2D eigenvalue weighted by Crippen LogP contribution is -2.12. The molecule has 0 aliphatic heterocycles. The Morgan fingerprint density at radius 3 is 2.14 bits per heavy atom. The molecule has 0 atom stereocenters. The molecule has 2 rings (SSSR count). The minimum Gasteiger partial charge on any atom is -0.491 e. The first kappa shape index (κ1) is 15.4. The number of aliphatic hydroxyl groups excluding tert-OH is 1. The summed E-state index contributed by atoms with van der Waals surface area (Å²) in [6.45, 7) is 1.93. The SMILES string of the molecule is OCc1ccccc1OCCOCCOc1ccccc1. The van der Waals surface area contributed by atoms with Gasteiger partial charge in [0.25, 0.3) is 0 Å². The number of aliphatic hydroxyl groups is 1. The molecule has 0 aliphatic carbocycles. The van der Waals surface area contributed by atoms with E-state index in [0.717, 1.165) is 11.3 Å². The van der Waals surface area contributed by atoms with Gasteiger partial charge < -0.3 is 19.3 Å². The summed E-state index contributed by atoms with van der Waals surface area (Å²) in [5.41, 5.74) is 0.782. The van der Waals surface area contributed by atoms with E-state index in [0.29, 0.717) is 32.2 Å². The standard InChI is InChI=1S/C17H20O4/c18-14-15-6-4-5-9-17(15)21-13-11-19-10-12-20-16-7-2-1-3-8-16/h1-9,18H,10-14H2. The molecule has 0 unspecified atom stereocenters. The Morgan fingerprint density at radius 1 is 0.714 bits per heavy atom. The number of rotatable bonds is 9. The Hall–Kier alpha value is -2.04. The molecule has 0 saturated heterocycles. The summed E-state index contributed by atoms with van der Waals surface area (Å²) < 4.78 is 16.5.